The Balaban J connectivity index is 2.34. The van der Waals surface area contributed by atoms with Gasteiger partial charge in [-0.05, 0) is 35.4 Å². The normalized spacial score (nSPS) is 11.6. The first-order chi connectivity index (χ1) is 11.8. The number of nitrogens with one attached hydrogen (secondary N) is 1. The number of carbonyl (C=O) groups excluding carboxylic acids is 2. The molecule has 25 heavy (non-hydrogen) atoms. The van der Waals surface area contributed by atoms with Crippen LogP contribution in [0.5, 0.6) is 0 Å². The third kappa shape index (κ3) is 4.39. The van der Waals surface area contributed by atoms with Gasteiger partial charge in [-0.1, -0.05) is 18.2 Å². The number of carboxylic acid groups (broad SMARTS) is 1. The number of rotatable bonds is 6. The van der Waals surface area contributed by atoms with Gasteiger partial charge in [-0.15, -0.1) is 0 Å². The molecule has 2 aromatic rings. The second-order valence-electron chi connectivity index (χ2n) is 5.29. The summed E-state index contributed by atoms with van der Waals surface area (Å²) in [6, 6.07) is 8.62. The number of halogens is 1. The van der Waals surface area contributed by atoms with Crippen LogP contribution in [0.4, 0.5) is 4.39 Å². The molecule has 0 aliphatic carbocycles. The van der Waals surface area contributed by atoms with Crippen LogP contribution < -0.4 is 16.8 Å². The van der Waals surface area contributed by atoms with Crippen molar-refractivity contribution in [3.05, 3.63) is 59.4 Å². The highest BCUT2D eigenvalue weighted by Gasteiger charge is 2.16. The largest absolute Gasteiger partial charge is 0.480 e. The Kier molecular flexibility index (Phi) is 5.45. The fourth-order valence-electron chi connectivity index (χ4n) is 2.22. The fraction of sp³-hybridized carbons (Fsp3) is 0.118. The second-order valence-corrected chi connectivity index (χ2v) is 5.29. The number of hydrogen-bond acceptors (Lipinski definition) is 4. The Morgan fingerprint density at radius 2 is 1.84 bits per heavy atom. The number of benzene rings is 2. The number of primary amides is 1. The summed E-state index contributed by atoms with van der Waals surface area (Å²) in [6.45, 7) is -0.308. The minimum absolute atomic E-state index is 0.0353. The quantitative estimate of drug-likeness (QED) is 0.612. The molecule has 1 atom stereocenters. The number of carbonyl (C=O) groups is 3. The zero-order valence-corrected chi connectivity index (χ0v) is 13.0. The molecule has 0 aromatic heterocycles. The summed E-state index contributed by atoms with van der Waals surface area (Å²) in [5.41, 5.74) is 11.4. The lowest BCUT2D eigenvalue weighted by molar-refractivity contribution is -0.138. The van der Waals surface area contributed by atoms with Gasteiger partial charge in [0.2, 0.25) is 5.91 Å². The molecule has 2 rings (SSSR count). The number of amides is 2. The van der Waals surface area contributed by atoms with Crippen LogP contribution in [-0.4, -0.2) is 35.5 Å². The van der Waals surface area contributed by atoms with Gasteiger partial charge in [0.15, 0.2) is 0 Å². The van der Waals surface area contributed by atoms with E-state index in [0.29, 0.717) is 11.1 Å². The van der Waals surface area contributed by atoms with E-state index in [9.17, 15) is 18.8 Å². The van der Waals surface area contributed by atoms with Crippen molar-refractivity contribution < 1.29 is 23.9 Å². The van der Waals surface area contributed by atoms with E-state index in [0.717, 1.165) is 6.07 Å². The maximum absolute atomic E-state index is 13.9. The van der Waals surface area contributed by atoms with Crippen molar-refractivity contribution in [2.75, 3.05) is 6.54 Å². The lowest BCUT2D eigenvalue weighted by atomic mass is 9.97. The molecule has 7 nitrogen and oxygen atoms in total. The topological polar surface area (TPSA) is 136 Å². The molecule has 2 aromatic carbocycles. The van der Waals surface area contributed by atoms with Crippen LogP contribution >= 0.6 is 0 Å². The first-order valence-corrected chi connectivity index (χ1v) is 7.26. The molecular formula is C17H16FN3O4. The average Bonchev–Trinajstić information content (AvgIpc) is 2.58. The molecule has 130 valence electrons. The first-order valence-electron chi connectivity index (χ1n) is 7.26. The highest BCUT2D eigenvalue weighted by atomic mass is 19.1. The minimum Gasteiger partial charge on any atom is -0.480 e. The molecule has 0 spiro atoms. The number of nitrogens with two attached hydrogens (primary N) is 2. The molecule has 0 saturated heterocycles. The molecule has 0 bridgehead atoms. The van der Waals surface area contributed by atoms with Crippen molar-refractivity contribution in [1.29, 1.82) is 0 Å². The molecule has 0 heterocycles. The van der Waals surface area contributed by atoms with Gasteiger partial charge in [0, 0.05) is 17.7 Å². The molecule has 0 radical (unpaired) electrons. The Morgan fingerprint density at radius 3 is 2.48 bits per heavy atom. The molecule has 2 amide bonds. The van der Waals surface area contributed by atoms with Crippen LogP contribution in [0.15, 0.2) is 42.5 Å². The van der Waals surface area contributed by atoms with Gasteiger partial charge < -0.3 is 21.9 Å². The third-order valence-corrected chi connectivity index (χ3v) is 3.46. The van der Waals surface area contributed by atoms with E-state index in [1.54, 1.807) is 18.2 Å². The van der Waals surface area contributed by atoms with Gasteiger partial charge in [-0.25, -0.2) is 4.39 Å². The van der Waals surface area contributed by atoms with Crippen LogP contribution in [0, 0.1) is 5.82 Å². The zero-order chi connectivity index (χ0) is 18.6. The summed E-state index contributed by atoms with van der Waals surface area (Å²) in [6.07, 6.45) is 0. The van der Waals surface area contributed by atoms with E-state index in [-0.39, 0.29) is 17.7 Å². The molecule has 0 saturated carbocycles. The van der Waals surface area contributed by atoms with Gasteiger partial charge in [0.05, 0.1) is 0 Å². The molecule has 6 N–H and O–H groups in total. The van der Waals surface area contributed by atoms with Crippen molar-refractivity contribution in [3.63, 3.8) is 0 Å². The molecule has 0 aliphatic heterocycles. The third-order valence-electron chi connectivity index (χ3n) is 3.46. The molecule has 8 heteroatoms. The van der Waals surface area contributed by atoms with E-state index in [1.165, 1.54) is 18.2 Å². The highest BCUT2D eigenvalue weighted by Crippen LogP contribution is 2.25. The van der Waals surface area contributed by atoms with Gasteiger partial charge in [-0.3, -0.25) is 14.4 Å². The van der Waals surface area contributed by atoms with Crippen LogP contribution in [0.3, 0.4) is 0 Å². The van der Waals surface area contributed by atoms with Gasteiger partial charge in [0.1, 0.15) is 11.9 Å². The predicted molar refractivity (Wildman–Crippen MR) is 88.3 cm³/mol. The Morgan fingerprint density at radius 1 is 1.16 bits per heavy atom. The Hall–Kier alpha value is -3.26. The average molecular weight is 345 g/mol. The summed E-state index contributed by atoms with van der Waals surface area (Å²) >= 11 is 0. The summed E-state index contributed by atoms with van der Waals surface area (Å²) in [7, 11) is 0. The summed E-state index contributed by atoms with van der Waals surface area (Å²) in [5, 5.41) is 11.0. The van der Waals surface area contributed by atoms with E-state index in [2.05, 4.69) is 5.32 Å². The van der Waals surface area contributed by atoms with Crippen molar-refractivity contribution in [1.82, 2.24) is 5.32 Å². The van der Waals surface area contributed by atoms with Gasteiger partial charge >= 0.3 is 5.97 Å². The Labute approximate surface area is 142 Å². The number of aliphatic carboxylic acids is 1. The summed E-state index contributed by atoms with van der Waals surface area (Å²) < 4.78 is 13.9. The zero-order valence-electron chi connectivity index (χ0n) is 13.0. The molecule has 1 unspecified atom stereocenters. The smallest absolute Gasteiger partial charge is 0.322 e. The van der Waals surface area contributed by atoms with Crippen LogP contribution in [-0.2, 0) is 4.79 Å². The van der Waals surface area contributed by atoms with E-state index in [4.69, 9.17) is 16.6 Å². The number of carboxylic acids is 1. The van der Waals surface area contributed by atoms with Crippen molar-refractivity contribution in [2.45, 2.75) is 6.04 Å². The SMILES string of the molecule is NC(=O)c1ccccc1-c1cc(F)cc(C(=O)NCC(N)C(=O)O)c1. The maximum atomic E-state index is 13.9. The van der Waals surface area contributed by atoms with Crippen molar-refractivity contribution >= 4 is 17.8 Å². The predicted octanol–water partition coefficient (Wildman–Crippen LogP) is 0.733. The molecule has 0 fully saturated rings. The monoisotopic (exact) mass is 345 g/mol. The lowest BCUT2D eigenvalue weighted by Crippen LogP contribution is -2.42. The first kappa shape index (κ1) is 18.1. The van der Waals surface area contributed by atoms with Gasteiger partial charge in [-0.2, -0.15) is 0 Å². The van der Waals surface area contributed by atoms with Crippen LogP contribution in [0.25, 0.3) is 11.1 Å². The summed E-state index contributed by atoms with van der Waals surface area (Å²) in [5.74, 6) is -3.33. The van der Waals surface area contributed by atoms with Crippen molar-refractivity contribution in [3.8, 4) is 11.1 Å². The molecule has 0 aliphatic rings. The number of hydrogen-bond donors (Lipinski definition) is 4. The Bertz CT molecular complexity index is 838. The minimum atomic E-state index is -1.27. The highest BCUT2D eigenvalue weighted by molar-refractivity contribution is 6.01. The summed E-state index contributed by atoms with van der Waals surface area (Å²) in [4.78, 5) is 34.3. The second kappa shape index (κ2) is 7.54. The van der Waals surface area contributed by atoms with Crippen molar-refractivity contribution in [2.24, 2.45) is 11.5 Å². The van der Waals surface area contributed by atoms with Gasteiger partial charge in [0.25, 0.3) is 5.91 Å². The van der Waals surface area contributed by atoms with E-state index in [1.807, 2.05) is 0 Å². The van der Waals surface area contributed by atoms with Crippen LogP contribution in [0.2, 0.25) is 0 Å². The molecular weight excluding hydrogens is 329 g/mol. The van der Waals surface area contributed by atoms with E-state index < -0.39 is 29.6 Å². The fourth-order valence-corrected chi connectivity index (χ4v) is 2.22. The standard InChI is InChI=1S/C17H16FN3O4/c18-11-6-9(12-3-1-2-4-13(12)15(20)22)5-10(7-11)16(23)21-8-14(19)17(24)25/h1-7,14H,8,19H2,(H2,20,22)(H,21,23)(H,24,25). The lowest BCUT2D eigenvalue weighted by Gasteiger charge is -2.11. The van der Waals surface area contributed by atoms with Crippen LogP contribution in [0.1, 0.15) is 20.7 Å². The van der Waals surface area contributed by atoms with E-state index >= 15 is 0 Å². The maximum Gasteiger partial charge on any atom is 0.322 e.